The van der Waals surface area contributed by atoms with Gasteiger partial charge in [0.2, 0.25) is 0 Å². The molecule has 1 aromatic rings. The van der Waals surface area contributed by atoms with Crippen molar-refractivity contribution in [2.75, 3.05) is 6.54 Å². The lowest BCUT2D eigenvalue weighted by Crippen LogP contribution is -2.51. The van der Waals surface area contributed by atoms with E-state index in [1.165, 1.54) is 0 Å². The maximum atomic E-state index is 11.4. The Morgan fingerprint density at radius 1 is 1.43 bits per heavy atom. The van der Waals surface area contributed by atoms with Crippen molar-refractivity contribution >= 4 is 5.97 Å². The van der Waals surface area contributed by atoms with Crippen molar-refractivity contribution in [1.82, 2.24) is 10.3 Å². The van der Waals surface area contributed by atoms with Gasteiger partial charge in [-0.05, 0) is 36.3 Å². The Morgan fingerprint density at radius 3 is 2.81 bits per heavy atom. The summed E-state index contributed by atoms with van der Waals surface area (Å²) in [5.74, 6) is -0.545. The number of carbonyl (C=O) groups is 1. The molecule has 1 aliphatic carbocycles. The molecule has 2 rings (SSSR count). The molecular formula is C17H26N2O2. The van der Waals surface area contributed by atoms with Crippen LogP contribution in [0, 0.1) is 17.3 Å². The summed E-state index contributed by atoms with van der Waals surface area (Å²) in [7, 11) is 0. The Kier molecular flexibility index (Phi) is 4.99. The van der Waals surface area contributed by atoms with Crippen LogP contribution in [0.3, 0.4) is 0 Å². The van der Waals surface area contributed by atoms with Crippen molar-refractivity contribution < 1.29 is 9.90 Å². The second-order valence-electron chi connectivity index (χ2n) is 6.71. The van der Waals surface area contributed by atoms with Gasteiger partial charge in [0.1, 0.15) is 0 Å². The molecule has 0 bridgehead atoms. The van der Waals surface area contributed by atoms with E-state index in [0.717, 1.165) is 31.5 Å². The van der Waals surface area contributed by atoms with Crippen LogP contribution in [0.4, 0.5) is 0 Å². The number of carboxylic acids is 1. The largest absolute Gasteiger partial charge is 0.481 e. The van der Waals surface area contributed by atoms with Gasteiger partial charge in [-0.1, -0.05) is 26.8 Å². The highest BCUT2D eigenvalue weighted by atomic mass is 16.4. The van der Waals surface area contributed by atoms with Crippen molar-refractivity contribution in [2.45, 2.75) is 46.1 Å². The quantitative estimate of drug-likeness (QED) is 0.875. The molecule has 0 saturated heterocycles. The van der Waals surface area contributed by atoms with Crippen LogP contribution in [-0.4, -0.2) is 28.6 Å². The highest BCUT2D eigenvalue weighted by Crippen LogP contribution is 2.44. The van der Waals surface area contributed by atoms with Crippen molar-refractivity contribution in [3.05, 3.63) is 30.1 Å². The third kappa shape index (κ3) is 3.62. The number of carboxylic acid groups (broad SMARTS) is 1. The van der Waals surface area contributed by atoms with Crippen LogP contribution < -0.4 is 5.32 Å². The Balaban J connectivity index is 1.89. The molecule has 0 radical (unpaired) electrons. The molecule has 21 heavy (non-hydrogen) atoms. The fraction of sp³-hybridized carbons (Fsp3) is 0.647. The second kappa shape index (κ2) is 6.56. The van der Waals surface area contributed by atoms with Gasteiger partial charge in [0, 0.05) is 30.9 Å². The molecule has 4 nitrogen and oxygen atoms in total. The van der Waals surface area contributed by atoms with Crippen molar-refractivity contribution in [3.63, 3.8) is 0 Å². The third-order valence-corrected chi connectivity index (χ3v) is 5.25. The first-order chi connectivity index (χ1) is 9.93. The van der Waals surface area contributed by atoms with E-state index in [1.807, 2.05) is 24.4 Å². The summed E-state index contributed by atoms with van der Waals surface area (Å²) in [5, 5.41) is 13.0. The standard InChI is InChI=1S/C17H26N2O2/c1-12-15(8-7-14(16(20)21)17(12,2)3)19-11-9-13-6-4-5-10-18-13/h4-6,10,12,14-15,19H,7-9,11H2,1-3H3,(H,20,21). The molecule has 4 heteroatoms. The average molecular weight is 290 g/mol. The Bertz CT molecular complexity index is 473. The Hall–Kier alpha value is -1.42. The van der Waals surface area contributed by atoms with Gasteiger partial charge in [-0.3, -0.25) is 9.78 Å². The van der Waals surface area contributed by atoms with Gasteiger partial charge in [0.15, 0.2) is 0 Å². The van der Waals surface area contributed by atoms with Crippen LogP contribution in [-0.2, 0) is 11.2 Å². The molecule has 1 saturated carbocycles. The van der Waals surface area contributed by atoms with Gasteiger partial charge in [0.25, 0.3) is 0 Å². The summed E-state index contributed by atoms with van der Waals surface area (Å²) < 4.78 is 0. The fourth-order valence-corrected chi connectivity index (χ4v) is 3.46. The maximum Gasteiger partial charge on any atom is 0.307 e. The zero-order valence-corrected chi connectivity index (χ0v) is 13.2. The first-order valence-electron chi connectivity index (χ1n) is 7.79. The molecule has 0 aliphatic heterocycles. The van der Waals surface area contributed by atoms with Gasteiger partial charge >= 0.3 is 5.97 Å². The number of aromatic nitrogens is 1. The smallest absolute Gasteiger partial charge is 0.307 e. The fourth-order valence-electron chi connectivity index (χ4n) is 3.46. The third-order valence-electron chi connectivity index (χ3n) is 5.25. The van der Waals surface area contributed by atoms with Crippen LogP contribution in [0.25, 0.3) is 0 Å². The van der Waals surface area contributed by atoms with Crippen molar-refractivity contribution in [3.8, 4) is 0 Å². The first-order valence-corrected chi connectivity index (χ1v) is 7.79. The number of nitrogens with one attached hydrogen (secondary N) is 1. The molecule has 3 atom stereocenters. The lowest BCUT2D eigenvalue weighted by molar-refractivity contribution is -0.150. The van der Waals surface area contributed by atoms with E-state index < -0.39 is 5.97 Å². The number of pyridine rings is 1. The maximum absolute atomic E-state index is 11.4. The van der Waals surface area contributed by atoms with E-state index >= 15 is 0 Å². The van der Waals surface area contributed by atoms with Gasteiger partial charge in [-0.15, -0.1) is 0 Å². The van der Waals surface area contributed by atoms with E-state index in [-0.39, 0.29) is 11.3 Å². The van der Waals surface area contributed by atoms with Gasteiger partial charge in [-0.25, -0.2) is 0 Å². The molecule has 0 spiro atoms. The minimum absolute atomic E-state index is 0.174. The van der Waals surface area contributed by atoms with Gasteiger partial charge in [0.05, 0.1) is 5.92 Å². The van der Waals surface area contributed by atoms with Crippen LogP contribution in [0.15, 0.2) is 24.4 Å². The van der Waals surface area contributed by atoms with Gasteiger partial charge < -0.3 is 10.4 Å². The zero-order chi connectivity index (χ0) is 15.5. The zero-order valence-electron chi connectivity index (χ0n) is 13.2. The topological polar surface area (TPSA) is 62.2 Å². The van der Waals surface area contributed by atoms with E-state index in [9.17, 15) is 9.90 Å². The number of aliphatic carboxylic acids is 1. The molecule has 1 aromatic heterocycles. The van der Waals surface area contributed by atoms with Crippen molar-refractivity contribution in [2.24, 2.45) is 17.3 Å². The highest BCUT2D eigenvalue weighted by Gasteiger charge is 2.45. The molecule has 2 N–H and O–H groups in total. The monoisotopic (exact) mass is 290 g/mol. The highest BCUT2D eigenvalue weighted by molar-refractivity contribution is 5.71. The summed E-state index contributed by atoms with van der Waals surface area (Å²) in [5.41, 5.74) is 0.920. The molecule has 0 aromatic carbocycles. The van der Waals surface area contributed by atoms with Crippen LogP contribution >= 0.6 is 0 Å². The Labute approximate surface area is 127 Å². The lowest BCUT2D eigenvalue weighted by atomic mass is 9.61. The van der Waals surface area contributed by atoms with Crippen LogP contribution in [0.2, 0.25) is 0 Å². The molecule has 1 aliphatic rings. The first kappa shape index (κ1) is 16.0. The predicted molar refractivity (Wildman–Crippen MR) is 83.0 cm³/mol. The summed E-state index contributed by atoms with van der Waals surface area (Å²) in [6.07, 6.45) is 4.42. The molecular weight excluding hydrogens is 264 g/mol. The minimum Gasteiger partial charge on any atom is -0.481 e. The van der Waals surface area contributed by atoms with Crippen molar-refractivity contribution in [1.29, 1.82) is 0 Å². The lowest BCUT2D eigenvalue weighted by Gasteiger charge is -2.46. The predicted octanol–water partition coefficient (Wildman–Crippen LogP) is 2.74. The Morgan fingerprint density at radius 2 is 2.19 bits per heavy atom. The number of hydrogen-bond acceptors (Lipinski definition) is 3. The molecule has 3 unspecified atom stereocenters. The number of hydrogen-bond donors (Lipinski definition) is 2. The summed E-state index contributed by atoms with van der Waals surface area (Å²) in [6.45, 7) is 7.24. The summed E-state index contributed by atoms with van der Waals surface area (Å²) in [4.78, 5) is 15.7. The number of nitrogens with zero attached hydrogens (tertiary/aromatic N) is 1. The van der Waals surface area contributed by atoms with Crippen LogP contribution in [0.5, 0.6) is 0 Å². The minimum atomic E-state index is -0.654. The molecule has 1 heterocycles. The number of rotatable bonds is 5. The van der Waals surface area contributed by atoms with E-state index in [4.69, 9.17) is 0 Å². The summed E-state index contributed by atoms with van der Waals surface area (Å²) in [6, 6.07) is 6.36. The summed E-state index contributed by atoms with van der Waals surface area (Å²) >= 11 is 0. The second-order valence-corrected chi connectivity index (χ2v) is 6.71. The molecule has 1 fully saturated rings. The van der Waals surface area contributed by atoms with E-state index in [2.05, 4.69) is 31.1 Å². The van der Waals surface area contributed by atoms with Gasteiger partial charge in [-0.2, -0.15) is 0 Å². The SMILES string of the molecule is CC1C(NCCc2ccccn2)CCC(C(=O)O)C1(C)C. The molecule has 116 valence electrons. The van der Waals surface area contributed by atoms with E-state index in [1.54, 1.807) is 0 Å². The normalized spacial score (nSPS) is 28.2. The van der Waals surface area contributed by atoms with E-state index in [0.29, 0.717) is 12.0 Å². The van der Waals surface area contributed by atoms with Crippen LogP contribution in [0.1, 0.15) is 39.3 Å². The average Bonchev–Trinajstić information content (AvgIpc) is 2.44. The molecule has 0 amide bonds.